The van der Waals surface area contributed by atoms with Gasteiger partial charge in [0.2, 0.25) is 0 Å². The molecule has 0 fully saturated rings. The summed E-state index contributed by atoms with van der Waals surface area (Å²) < 4.78 is 66.7. The lowest BCUT2D eigenvalue weighted by Gasteiger charge is -2.13. The van der Waals surface area contributed by atoms with E-state index in [1.54, 1.807) is 0 Å². The predicted molar refractivity (Wildman–Crippen MR) is 123 cm³/mol. The molecule has 0 bridgehead atoms. The minimum Gasteiger partial charge on any atom is -0.316 e. The number of aromatic amines is 2. The van der Waals surface area contributed by atoms with Crippen LogP contribution in [0.1, 0.15) is 11.1 Å². The lowest BCUT2D eigenvalue weighted by atomic mass is 10.0. The van der Waals surface area contributed by atoms with Gasteiger partial charge in [0.15, 0.2) is 0 Å². The fraction of sp³-hybridized carbons (Fsp3) is 0.0909. The summed E-state index contributed by atoms with van der Waals surface area (Å²) in [6.45, 7) is 1.53. The number of rotatable bonds is 4. The molecular weight excluding hydrogens is 495 g/mol. The third-order valence-electron chi connectivity index (χ3n) is 5.05. The number of halogens is 4. The average Bonchev–Trinajstić information content (AvgIpc) is 2.74. The summed E-state index contributed by atoms with van der Waals surface area (Å²) in [5, 5.41) is 0.122. The van der Waals surface area contributed by atoms with E-state index in [4.69, 9.17) is 11.6 Å². The topological polar surface area (TPSA) is 112 Å². The number of aryl methyl sites for hydroxylation is 1. The van der Waals surface area contributed by atoms with Gasteiger partial charge in [-0.15, -0.1) is 0 Å². The molecule has 3 aromatic carbocycles. The molecule has 1 aromatic heterocycles. The molecule has 0 radical (unpaired) electrons. The third kappa shape index (κ3) is 4.57. The maximum Gasteiger partial charge on any atom is 0.416 e. The Labute approximate surface area is 195 Å². The van der Waals surface area contributed by atoms with Crippen LogP contribution in [0.3, 0.4) is 0 Å². The molecule has 3 N–H and O–H groups in total. The van der Waals surface area contributed by atoms with Gasteiger partial charge in [-0.1, -0.05) is 29.8 Å². The van der Waals surface area contributed by atoms with E-state index in [2.05, 4.69) is 14.7 Å². The fourth-order valence-corrected chi connectivity index (χ4v) is 5.00. The highest BCUT2D eigenvalue weighted by atomic mass is 35.5. The highest BCUT2D eigenvalue weighted by Crippen LogP contribution is 2.34. The Bertz CT molecular complexity index is 1640. The fourth-order valence-electron chi connectivity index (χ4n) is 3.40. The monoisotopic (exact) mass is 509 g/mol. The Hall–Kier alpha value is -3.57. The Kier molecular flexibility index (Phi) is 5.78. The second-order valence-electron chi connectivity index (χ2n) is 7.45. The molecule has 7 nitrogen and oxygen atoms in total. The summed E-state index contributed by atoms with van der Waals surface area (Å²) in [4.78, 5) is 27.7. The van der Waals surface area contributed by atoms with Gasteiger partial charge < -0.3 is 9.97 Å². The number of fused-ring (bicyclic) bond motifs is 1. The summed E-state index contributed by atoms with van der Waals surface area (Å²) in [6, 6.07) is 11.3. The molecule has 0 aliphatic heterocycles. The molecule has 0 unspecified atom stereocenters. The summed E-state index contributed by atoms with van der Waals surface area (Å²) in [5.74, 6) is 0. The lowest BCUT2D eigenvalue weighted by Crippen LogP contribution is -2.29. The average molecular weight is 510 g/mol. The summed E-state index contributed by atoms with van der Waals surface area (Å²) in [7, 11) is -4.12. The summed E-state index contributed by atoms with van der Waals surface area (Å²) >= 11 is 6.28. The predicted octanol–water partition coefficient (Wildman–Crippen LogP) is 4.66. The minimum absolute atomic E-state index is 0.120. The Morgan fingerprint density at radius 2 is 1.47 bits per heavy atom. The van der Waals surface area contributed by atoms with Crippen LogP contribution >= 0.6 is 11.6 Å². The molecule has 0 saturated heterocycles. The van der Waals surface area contributed by atoms with E-state index < -0.39 is 32.9 Å². The van der Waals surface area contributed by atoms with Gasteiger partial charge in [0, 0.05) is 5.56 Å². The molecule has 0 aliphatic carbocycles. The molecule has 1 heterocycles. The smallest absolute Gasteiger partial charge is 0.316 e. The van der Waals surface area contributed by atoms with Gasteiger partial charge in [-0.05, 0) is 54.4 Å². The van der Waals surface area contributed by atoms with Crippen molar-refractivity contribution in [1.29, 1.82) is 0 Å². The van der Waals surface area contributed by atoms with Crippen molar-refractivity contribution >= 4 is 38.3 Å². The van der Waals surface area contributed by atoms with Crippen LogP contribution in [-0.2, 0) is 16.2 Å². The van der Waals surface area contributed by atoms with Gasteiger partial charge in [-0.2, -0.15) is 13.2 Å². The molecular formula is C22H15ClF3N3O4S. The van der Waals surface area contributed by atoms with Crippen LogP contribution in [0.4, 0.5) is 18.9 Å². The first-order chi connectivity index (χ1) is 15.8. The molecule has 12 heteroatoms. The quantitative estimate of drug-likeness (QED) is 0.347. The Balaban J connectivity index is 1.66. The van der Waals surface area contributed by atoms with Gasteiger partial charge in [0.25, 0.3) is 10.0 Å². The van der Waals surface area contributed by atoms with E-state index in [1.807, 2.05) is 0 Å². The number of alkyl halides is 3. The third-order valence-corrected chi connectivity index (χ3v) is 6.89. The van der Waals surface area contributed by atoms with Crippen molar-refractivity contribution in [2.75, 3.05) is 4.72 Å². The van der Waals surface area contributed by atoms with Crippen LogP contribution in [0.25, 0.3) is 22.2 Å². The van der Waals surface area contributed by atoms with Gasteiger partial charge >= 0.3 is 17.3 Å². The first-order valence-electron chi connectivity index (χ1n) is 9.62. The van der Waals surface area contributed by atoms with E-state index in [0.717, 1.165) is 12.1 Å². The van der Waals surface area contributed by atoms with Crippen LogP contribution in [0, 0.1) is 6.92 Å². The summed E-state index contributed by atoms with van der Waals surface area (Å²) in [5.41, 5.74) is -0.895. The standard InChI is InChI=1S/C22H15ClF3N3O4S/c1-11-8-17-18(28-21(31)20(30)27-17)10-19(11)34(32,33)29-14-6-7-15(16(23)9-14)12-2-4-13(5-3-12)22(24,25)26/h2-10,29H,1H3,(H,27,30)(H,28,31). The maximum absolute atomic E-state index is 13.0. The van der Waals surface area contributed by atoms with Crippen LogP contribution in [0.2, 0.25) is 5.02 Å². The van der Waals surface area contributed by atoms with E-state index in [0.29, 0.717) is 16.7 Å². The van der Waals surface area contributed by atoms with Crippen molar-refractivity contribution in [3.05, 3.63) is 91.5 Å². The van der Waals surface area contributed by atoms with Crippen molar-refractivity contribution in [2.45, 2.75) is 18.0 Å². The number of benzene rings is 3. The first-order valence-corrected chi connectivity index (χ1v) is 11.5. The Morgan fingerprint density at radius 3 is 2.03 bits per heavy atom. The van der Waals surface area contributed by atoms with E-state index in [1.165, 1.54) is 49.4 Å². The Morgan fingerprint density at radius 1 is 0.882 bits per heavy atom. The molecule has 176 valence electrons. The minimum atomic E-state index is -4.46. The molecule has 34 heavy (non-hydrogen) atoms. The highest BCUT2D eigenvalue weighted by molar-refractivity contribution is 7.92. The van der Waals surface area contributed by atoms with Gasteiger partial charge in [0.1, 0.15) is 0 Å². The molecule has 0 atom stereocenters. The molecule has 0 saturated carbocycles. The van der Waals surface area contributed by atoms with E-state index in [-0.39, 0.29) is 26.6 Å². The molecule has 0 aliphatic rings. The largest absolute Gasteiger partial charge is 0.416 e. The molecule has 0 amide bonds. The van der Waals surface area contributed by atoms with Crippen molar-refractivity contribution in [3.8, 4) is 11.1 Å². The van der Waals surface area contributed by atoms with Crippen molar-refractivity contribution in [1.82, 2.24) is 9.97 Å². The molecule has 0 spiro atoms. The van der Waals surface area contributed by atoms with Gasteiger partial charge in [-0.25, -0.2) is 8.42 Å². The zero-order valence-electron chi connectivity index (χ0n) is 17.2. The van der Waals surface area contributed by atoms with Crippen LogP contribution in [-0.4, -0.2) is 18.4 Å². The first kappa shape index (κ1) is 23.6. The van der Waals surface area contributed by atoms with Crippen molar-refractivity contribution in [3.63, 3.8) is 0 Å². The normalized spacial score (nSPS) is 12.1. The van der Waals surface area contributed by atoms with E-state index >= 15 is 0 Å². The number of nitrogens with one attached hydrogen (secondary N) is 3. The van der Waals surface area contributed by atoms with Gasteiger partial charge in [0.05, 0.1) is 32.2 Å². The summed E-state index contributed by atoms with van der Waals surface area (Å²) in [6.07, 6.45) is -4.46. The van der Waals surface area contributed by atoms with Crippen LogP contribution < -0.4 is 15.8 Å². The van der Waals surface area contributed by atoms with E-state index in [9.17, 15) is 31.2 Å². The molecule has 4 rings (SSSR count). The number of sulfonamides is 1. The second kappa shape index (κ2) is 8.33. The zero-order valence-corrected chi connectivity index (χ0v) is 18.8. The number of hydrogen-bond acceptors (Lipinski definition) is 4. The molecule has 4 aromatic rings. The van der Waals surface area contributed by atoms with Crippen LogP contribution in [0.5, 0.6) is 0 Å². The highest BCUT2D eigenvalue weighted by Gasteiger charge is 2.30. The lowest BCUT2D eigenvalue weighted by molar-refractivity contribution is -0.137. The zero-order chi connectivity index (χ0) is 24.8. The van der Waals surface area contributed by atoms with Crippen LogP contribution in [0.15, 0.2) is 69.1 Å². The van der Waals surface area contributed by atoms with Gasteiger partial charge in [-0.3, -0.25) is 14.3 Å². The van der Waals surface area contributed by atoms with Crippen molar-refractivity contribution in [2.24, 2.45) is 0 Å². The maximum atomic E-state index is 13.0. The number of hydrogen-bond donors (Lipinski definition) is 3. The van der Waals surface area contributed by atoms with Crippen molar-refractivity contribution < 1.29 is 21.6 Å². The number of anilines is 1. The second-order valence-corrected chi connectivity index (χ2v) is 9.50. The number of H-pyrrole nitrogens is 2. The number of aromatic nitrogens is 2. The SMILES string of the molecule is Cc1cc2[nH]c(=O)c(=O)[nH]c2cc1S(=O)(=O)Nc1ccc(-c2ccc(C(F)(F)F)cc2)c(Cl)c1.